The van der Waals surface area contributed by atoms with Crippen molar-refractivity contribution in [2.45, 2.75) is 22.0 Å². The summed E-state index contributed by atoms with van der Waals surface area (Å²) in [6, 6.07) is 8.03. The molecule has 0 bridgehead atoms. The van der Waals surface area contributed by atoms with Gasteiger partial charge in [0.1, 0.15) is 6.07 Å². The summed E-state index contributed by atoms with van der Waals surface area (Å²) in [5, 5.41) is 18.2. The Morgan fingerprint density at radius 2 is 2.13 bits per heavy atom. The molecule has 0 aromatic heterocycles. The van der Waals surface area contributed by atoms with Gasteiger partial charge in [-0.05, 0) is 18.4 Å². The zero-order valence-electron chi connectivity index (χ0n) is 8.73. The summed E-state index contributed by atoms with van der Waals surface area (Å²) in [5.74, 6) is 0. The summed E-state index contributed by atoms with van der Waals surface area (Å²) in [6.07, 6.45) is 1.96. The average Bonchev–Trinajstić information content (AvgIpc) is 2.28. The highest BCUT2D eigenvalue weighted by Gasteiger charge is 2.10. The highest BCUT2D eigenvalue weighted by atomic mass is 32.2. The molecule has 80 valence electrons. The topological polar surface area (TPSA) is 44.0 Å². The molecule has 1 aromatic rings. The van der Waals surface area contributed by atoms with Gasteiger partial charge < -0.3 is 5.11 Å². The van der Waals surface area contributed by atoms with Crippen LogP contribution >= 0.6 is 23.5 Å². The minimum absolute atomic E-state index is 0.120. The Kier molecular flexibility index (Phi) is 5.03. The number of hydrogen-bond donors (Lipinski definition) is 1. The SMILES string of the molecule is CSc1cccc(SC(C)CO)c1C#N. The van der Waals surface area contributed by atoms with Crippen molar-refractivity contribution < 1.29 is 5.11 Å². The summed E-state index contributed by atoms with van der Waals surface area (Å²) < 4.78 is 0. The van der Waals surface area contributed by atoms with Crippen LogP contribution in [0.25, 0.3) is 0 Å². The number of aliphatic hydroxyl groups is 1. The maximum absolute atomic E-state index is 9.08. The number of rotatable bonds is 4. The van der Waals surface area contributed by atoms with Crippen molar-refractivity contribution in [1.82, 2.24) is 0 Å². The third kappa shape index (κ3) is 3.16. The lowest BCUT2D eigenvalue weighted by Crippen LogP contribution is -2.02. The second kappa shape index (κ2) is 6.06. The Morgan fingerprint density at radius 3 is 2.67 bits per heavy atom. The number of thioether (sulfide) groups is 2. The van der Waals surface area contributed by atoms with Crippen molar-refractivity contribution in [1.29, 1.82) is 5.26 Å². The average molecular weight is 239 g/mol. The fourth-order valence-corrected chi connectivity index (χ4v) is 2.72. The lowest BCUT2D eigenvalue weighted by Gasteiger charge is -2.10. The molecule has 0 aliphatic heterocycles. The number of benzene rings is 1. The number of aliphatic hydroxyl groups excluding tert-OH is 1. The van der Waals surface area contributed by atoms with Gasteiger partial charge >= 0.3 is 0 Å². The van der Waals surface area contributed by atoms with Gasteiger partial charge in [0.05, 0.1) is 12.2 Å². The molecule has 1 unspecified atom stereocenters. The van der Waals surface area contributed by atoms with Crippen LogP contribution in [0, 0.1) is 11.3 Å². The molecular formula is C11H13NOS2. The molecule has 0 aliphatic carbocycles. The molecule has 0 aliphatic rings. The van der Waals surface area contributed by atoms with Crippen LogP contribution in [0.2, 0.25) is 0 Å². The van der Waals surface area contributed by atoms with Crippen LogP contribution in [0.1, 0.15) is 12.5 Å². The van der Waals surface area contributed by atoms with Gasteiger partial charge in [0.15, 0.2) is 0 Å². The van der Waals surface area contributed by atoms with Crippen LogP contribution in [0.15, 0.2) is 28.0 Å². The van der Waals surface area contributed by atoms with E-state index in [1.807, 2.05) is 31.4 Å². The first-order valence-electron chi connectivity index (χ1n) is 4.57. The van der Waals surface area contributed by atoms with Crippen molar-refractivity contribution in [3.05, 3.63) is 23.8 Å². The molecule has 0 heterocycles. The van der Waals surface area contributed by atoms with Crippen LogP contribution < -0.4 is 0 Å². The van der Waals surface area contributed by atoms with Crippen LogP contribution in [-0.2, 0) is 0 Å². The normalized spacial score (nSPS) is 12.1. The molecular weight excluding hydrogens is 226 g/mol. The summed E-state index contributed by atoms with van der Waals surface area (Å²) in [7, 11) is 0. The Labute approximate surface area is 98.7 Å². The standard InChI is InChI=1S/C11H13NOS2/c1-8(7-13)15-11-5-3-4-10(14-2)9(11)6-12/h3-5,8,13H,7H2,1-2H3. The molecule has 0 amide bonds. The van der Waals surface area contributed by atoms with E-state index in [-0.39, 0.29) is 11.9 Å². The third-order valence-electron chi connectivity index (χ3n) is 1.90. The van der Waals surface area contributed by atoms with Gasteiger partial charge in [0, 0.05) is 15.0 Å². The predicted octanol–water partition coefficient (Wildman–Crippen LogP) is 2.75. The summed E-state index contributed by atoms with van der Waals surface area (Å²) in [6.45, 7) is 2.07. The Bertz CT molecular complexity index is 373. The van der Waals surface area contributed by atoms with E-state index in [0.717, 1.165) is 15.4 Å². The largest absolute Gasteiger partial charge is 0.395 e. The summed E-state index contributed by atoms with van der Waals surface area (Å²) in [5.41, 5.74) is 0.718. The molecule has 0 fully saturated rings. The maximum atomic E-state index is 9.08. The van der Waals surface area contributed by atoms with Gasteiger partial charge in [-0.3, -0.25) is 0 Å². The second-order valence-electron chi connectivity index (χ2n) is 3.06. The van der Waals surface area contributed by atoms with Crippen molar-refractivity contribution in [3.8, 4) is 6.07 Å². The van der Waals surface area contributed by atoms with Crippen molar-refractivity contribution in [2.75, 3.05) is 12.9 Å². The minimum Gasteiger partial charge on any atom is -0.395 e. The van der Waals surface area contributed by atoms with E-state index in [4.69, 9.17) is 10.4 Å². The maximum Gasteiger partial charge on any atom is 0.101 e. The zero-order chi connectivity index (χ0) is 11.3. The lowest BCUT2D eigenvalue weighted by atomic mass is 10.2. The first-order valence-corrected chi connectivity index (χ1v) is 6.68. The monoisotopic (exact) mass is 239 g/mol. The molecule has 0 saturated carbocycles. The second-order valence-corrected chi connectivity index (χ2v) is 5.38. The Morgan fingerprint density at radius 1 is 1.47 bits per heavy atom. The van der Waals surface area contributed by atoms with Crippen molar-refractivity contribution >= 4 is 23.5 Å². The Hall–Kier alpha value is -0.630. The van der Waals surface area contributed by atoms with Crippen molar-refractivity contribution in [2.24, 2.45) is 0 Å². The molecule has 4 heteroatoms. The third-order valence-corrected chi connectivity index (χ3v) is 3.83. The lowest BCUT2D eigenvalue weighted by molar-refractivity contribution is 0.300. The van der Waals surface area contributed by atoms with Gasteiger partial charge in [0.25, 0.3) is 0 Å². The fraction of sp³-hybridized carbons (Fsp3) is 0.364. The molecule has 0 spiro atoms. The molecule has 15 heavy (non-hydrogen) atoms. The van der Waals surface area contributed by atoms with Gasteiger partial charge in [-0.2, -0.15) is 5.26 Å². The van der Waals surface area contributed by atoms with E-state index in [2.05, 4.69) is 6.07 Å². The van der Waals surface area contributed by atoms with Crippen molar-refractivity contribution in [3.63, 3.8) is 0 Å². The first-order chi connectivity index (χ1) is 7.22. The van der Waals surface area contributed by atoms with E-state index in [9.17, 15) is 0 Å². The minimum atomic E-state index is 0.120. The van der Waals surface area contributed by atoms with Crippen LogP contribution in [0.4, 0.5) is 0 Å². The highest BCUT2D eigenvalue weighted by Crippen LogP contribution is 2.31. The van der Waals surface area contributed by atoms with Gasteiger partial charge in [-0.1, -0.05) is 13.0 Å². The molecule has 0 radical (unpaired) electrons. The van der Waals surface area contributed by atoms with E-state index < -0.39 is 0 Å². The molecule has 0 saturated heterocycles. The molecule has 2 nitrogen and oxygen atoms in total. The van der Waals surface area contributed by atoms with E-state index in [1.54, 1.807) is 11.8 Å². The highest BCUT2D eigenvalue weighted by molar-refractivity contribution is 8.00. The number of hydrogen-bond acceptors (Lipinski definition) is 4. The predicted molar refractivity (Wildman–Crippen MR) is 65.3 cm³/mol. The van der Waals surface area contributed by atoms with Gasteiger partial charge in [-0.25, -0.2) is 0 Å². The van der Waals surface area contributed by atoms with E-state index in [0.29, 0.717) is 0 Å². The van der Waals surface area contributed by atoms with Crippen LogP contribution in [0.5, 0.6) is 0 Å². The smallest absolute Gasteiger partial charge is 0.101 e. The van der Waals surface area contributed by atoms with E-state index >= 15 is 0 Å². The Balaban J connectivity index is 3.02. The molecule has 1 N–H and O–H groups in total. The summed E-state index contributed by atoms with van der Waals surface area (Å²) in [4.78, 5) is 1.94. The number of nitrogens with zero attached hydrogens (tertiary/aromatic N) is 1. The fourth-order valence-electron chi connectivity index (χ4n) is 1.14. The van der Waals surface area contributed by atoms with Crippen LogP contribution in [-0.4, -0.2) is 23.2 Å². The molecule has 1 atom stereocenters. The summed E-state index contributed by atoms with van der Waals surface area (Å²) >= 11 is 3.11. The molecule has 1 rings (SSSR count). The van der Waals surface area contributed by atoms with Crippen LogP contribution in [0.3, 0.4) is 0 Å². The van der Waals surface area contributed by atoms with Gasteiger partial charge in [0.2, 0.25) is 0 Å². The zero-order valence-corrected chi connectivity index (χ0v) is 10.4. The quantitative estimate of drug-likeness (QED) is 0.821. The van der Waals surface area contributed by atoms with Gasteiger partial charge in [-0.15, -0.1) is 23.5 Å². The number of nitriles is 1. The van der Waals surface area contributed by atoms with E-state index in [1.165, 1.54) is 11.8 Å². The molecule has 1 aromatic carbocycles. The first kappa shape index (κ1) is 12.4.